The molecule has 0 aromatic carbocycles. The van der Waals surface area contributed by atoms with Crippen molar-refractivity contribution < 1.29 is 4.74 Å². The number of hydrogen-bond donors (Lipinski definition) is 1. The number of halogens is 1. The minimum absolute atomic E-state index is 0.441. The smallest absolute Gasteiger partial charge is 0.0738 e. The van der Waals surface area contributed by atoms with Gasteiger partial charge in [-0.2, -0.15) is 5.10 Å². The van der Waals surface area contributed by atoms with Crippen LogP contribution in [0.3, 0.4) is 0 Å². The minimum Gasteiger partial charge on any atom is -0.383 e. The molecule has 1 N–H and O–H groups in total. The largest absolute Gasteiger partial charge is 0.383 e. The van der Waals surface area contributed by atoms with Crippen LogP contribution >= 0.6 is 15.9 Å². The van der Waals surface area contributed by atoms with E-state index in [0.717, 1.165) is 31.8 Å². The lowest BCUT2D eigenvalue weighted by Crippen LogP contribution is -2.28. The van der Waals surface area contributed by atoms with Gasteiger partial charge in [-0.15, -0.1) is 0 Å². The summed E-state index contributed by atoms with van der Waals surface area (Å²) in [5, 5.41) is 7.95. The van der Waals surface area contributed by atoms with Gasteiger partial charge in [0, 0.05) is 27.2 Å². The van der Waals surface area contributed by atoms with Crippen LogP contribution in [0.15, 0.2) is 4.47 Å². The Kier molecular flexibility index (Phi) is 4.45. The zero-order chi connectivity index (χ0) is 13.2. The van der Waals surface area contributed by atoms with Gasteiger partial charge in [-0.05, 0) is 47.5 Å². The number of nitrogens with zero attached hydrogens (tertiary/aromatic N) is 2. The second-order valence-corrected chi connectivity index (χ2v) is 6.11. The van der Waals surface area contributed by atoms with E-state index in [1.807, 2.05) is 18.7 Å². The Morgan fingerprint density at radius 2 is 2.22 bits per heavy atom. The van der Waals surface area contributed by atoms with E-state index in [2.05, 4.69) is 26.3 Å². The Balaban J connectivity index is 1.92. The highest BCUT2D eigenvalue weighted by molar-refractivity contribution is 9.10. The second kappa shape index (κ2) is 5.72. The first-order chi connectivity index (χ1) is 8.58. The van der Waals surface area contributed by atoms with E-state index in [1.54, 1.807) is 7.11 Å². The molecular formula is C13H22BrN3O. The van der Waals surface area contributed by atoms with Gasteiger partial charge in [0.2, 0.25) is 0 Å². The molecule has 0 aliphatic heterocycles. The summed E-state index contributed by atoms with van der Waals surface area (Å²) >= 11 is 3.65. The predicted octanol–water partition coefficient (Wildman–Crippen LogP) is 2.05. The number of aromatic nitrogens is 2. The van der Waals surface area contributed by atoms with Crippen molar-refractivity contribution in [2.75, 3.05) is 26.8 Å². The van der Waals surface area contributed by atoms with E-state index in [9.17, 15) is 0 Å². The Morgan fingerprint density at radius 1 is 1.50 bits per heavy atom. The number of aryl methyl sites for hydroxylation is 2. The van der Waals surface area contributed by atoms with Crippen molar-refractivity contribution >= 4 is 15.9 Å². The molecule has 0 saturated heterocycles. The lowest BCUT2D eigenvalue weighted by Gasteiger charge is -2.16. The zero-order valence-corrected chi connectivity index (χ0v) is 13.0. The predicted molar refractivity (Wildman–Crippen MR) is 75.8 cm³/mol. The SMILES string of the molecule is COCCNCC1(Cc2c(Br)c(C)nn2C)CC1. The van der Waals surface area contributed by atoms with Crippen molar-refractivity contribution in [3.05, 3.63) is 15.9 Å². The average Bonchev–Trinajstić information content (AvgIpc) is 3.06. The maximum Gasteiger partial charge on any atom is 0.0738 e. The molecule has 0 amide bonds. The molecule has 2 rings (SSSR count). The molecule has 0 radical (unpaired) electrons. The highest BCUT2D eigenvalue weighted by Gasteiger charge is 2.43. The quantitative estimate of drug-likeness (QED) is 0.783. The van der Waals surface area contributed by atoms with Crippen molar-refractivity contribution in [1.82, 2.24) is 15.1 Å². The molecule has 0 bridgehead atoms. The standard InChI is InChI=1S/C13H22BrN3O/c1-10-12(14)11(17(2)16-10)8-13(4-5-13)9-15-6-7-18-3/h15H,4-9H2,1-3H3. The Labute approximate surface area is 117 Å². The molecule has 0 atom stereocenters. The molecule has 102 valence electrons. The summed E-state index contributed by atoms with van der Waals surface area (Å²) < 4.78 is 8.24. The van der Waals surface area contributed by atoms with E-state index in [1.165, 1.54) is 23.0 Å². The van der Waals surface area contributed by atoms with Gasteiger partial charge in [0.05, 0.1) is 22.5 Å². The maximum atomic E-state index is 5.05. The molecular weight excluding hydrogens is 294 g/mol. The summed E-state index contributed by atoms with van der Waals surface area (Å²) in [6.07, 6.45) is 3.72. The fraction of sp³-hybridized carbons (Fsp3) is 0.769. The van der Waals surface area contributed by atoms with Gasteiger partial charge in [0.15, 0.2) is 0 Å². The third-order valence-electron chi connectivity index (χ3n) is 3.74. The number of methoxy groups -OCH3 is 1. The van der Waals surface area contributed by atoms with Crippen LogP contribution in [-0.2, 0) is 18.2 Å². The highest BCUT2D eigenvalue weighted by atomic mass is 79.9. The lowest BCUT2D eigenvalue weighted by molar-refractivity contribution is 0.197. The number of ether oxygens (including phenoxy) is 1. The Morgan fingerprint density at radius 3 is 2.72 bits per heavy atom. The molecule has 0 unspecified atom stereocenters. The molecule has 1 saturated carbocycles. The maximum absolute atomic E-state index is 5.05. The topological polar surface area (TPSA) is 39.1 Å². The first-order valence-corrected chi connectivity index (χ1v) is 7.25. The van der Waals surface area contributed by atoms with Gasteiger partial charge in [-0.1, -0.05) is 0 Å². The fourth-order valence-electron chi connectivity index (χ4n) is 2.35. The highest BCUT2D eigenvalue weighted by Crippen LogP contribution is 2.48. The molecule has 4 nitrogen and oxygen atoms in total. The van der Waals surface area contributed by atoms with Crippen LogP contribution in [-0.4, -0.2) is 36.6 Å². The summed E-state index contributed by atoms with van der Waals surface area (Å²) in [7, 11) is 3.77. The average molecular weight is 316 g/mol. The first kappa shape index (κ1) is 14.0. The van der Waals surface area contributed by atoms with Crippen LogP contribution in [0.25, 0.3) is 0 Å². The van der Waals surface area contributed by atoms with Crippen LogP contribution in [0.2, 0.25) is 0 Å². The van der Waals surface area contributed by atoms with Gasteiger partial charge >= 0.3 is 0 Å². The second-order valence-electron chi connectivity index (χ2n) is 5.32. The normalized spacial score (nSPS) is 17.1. The molecule has 1 aliphatic rings. The summed E-state index contributed by atoms with van der Waals surface area (Å²) in [6.45, 7) is 4.84. The van der Waals surface area contributed by atoms with E-state index in [-0.39, 0.29) is 0 Å². The molecule has 5 heteroatoms. The van der Waals surface area contributed by atoms with Crippen LogP contribution in [0.4, 0.5) is 0 Å². The summed E-state index contributed by atoms with van der Waals surface area (Å²) in [5.74, 6) is 0. The van der Waals surface area contributed by atoms with Crippen LogP contribution in [0.1, 0.15) is 24.2 Å². The third kappa shape index (κ3) is 3.13. The van der Waals surface area contributed by atoms with Crippen molar-refractivity contribution in [2.24, 2.45) is 12.5 Å². The molecule has 1 aromatic rings. The lowest BCUT2D eigenvalue weighted by atomic mass is 10.00. The summed E-state index contributed by atoms with van der Waals surface area (Å²) in [6, 6.07) is 0. The Hall–Kier alpha value is -0.390. The summed E-state index contributed by atoms with van der Waals surface area (Å²) in [5.41, 5.74) is 2.84. The van der Waals surface area contributed by atoms with E-state index in [4.69, 9.17) is 4.74 Å². The molecule has 1 aliphatic carbocycles. The molecule has 0 spiro atoms. The van der Waals surface area contributed by atoms with Gasteiger partial charge in [0.1, 0.15) is 0 Å². The van der Waals surface area contributed by atoms with Gasteiger partial charge < -0.3 is 10.1 Å². The van der Waals surface area contributed by atoms with E-state index < -0.39 is 0 Å². The van der Waals surface area contributed by atoms with Crippen LogP contribution in [0.5, 0.6) is 0 Å². The van der Waals surface area contributed by atoms with E-state index >= 15 is 0 Å². The van der Waals surface area contributed by atoms with Crippen LogP contribution < -0.4 is 5.32 Å². The van der Waals surface area contributed by atoms with Crippen molar-refractivity contribution in [1.29, 1.82) is 0 Å². The summed E-state index contributed by atoms with van der Waals surface area (Å²) in [4.78, 5) is 0. The fourth-order valence-corrected chi connectivity index (χ4v) is 2.82. The number of rotatable bonds is 7. The van der Waals surface area contributed by atoms with E-state index in [0.29, 0.717) is 5.41 Å². The van der Waals surface area contributed by atoms with Crippen molar-refractivity contribution in [2.45, 2.75) is 26.2 Å². The van der Waals surface area contributed by atoms with Gasteiger partial charge in [-0.25, -0.2) is 0 Å². The monoisotopic (exact) mass is 315 g/mol. The number of nitrogens with one attached hydrogen (secondary N) is 1. The van der Waals surface area contributed by atoms with Crippen LogP contribution in [0, 0.1) is 12.3 Å². The van der Waals surface area contributed by atoms with Gasteiger partial charge in [-0.3, -0.25) is 4.68 Å². The first-order valence-electron chi connectivity index (χ1n) is 6.46. The molecule has 18 heavy (non-hydrogen) atoms. The molecule has 1 aromatic heterocycles. The third-order valence-corrected chi connectivity index (χ3v) is 4.78. The van der Waals surface area contributed by atoms with Crippen molar-refractivity contribution in [3.63, 3.8) is 0 Å². The molecule has 1 fully saturated rings. The number of hydrogen-bond acceptors (Lipinski definition) is 3. The zero-order valence-electron chi connectivity index (χ0n) is 11.4. The van der Waals surface area contributed by atoms with Crippen molar-refractivity contribution in [3.8, 4) is 0 Å². The van der Waals surface area contributed by atoms with Gasteiger partial charge in [0.25, 0.3) is 0 Å². The Bertz CT molecular complexity index is 413. The molecule has 1 heterocycles. The minimum atomic E-state index is 0.441.